The maximum Gasteiger partial charge on any atom is 0.407 e. The van der Waals surface area contributed by atoms with Crippen molar-refractivity contribution in [1.29, 1.82) is 0 Å². The second-order valence-corrected chi connectivity index (χ2v) is 28.4. The zero-order valence-electron chi connectivity index (χ0n) is 54.9. The smallest absolute Gasteiger partial charge is 0.407 e. The van der Waals surface area contributed by atoms with Crippen LogP contribution in [0.15, 0.2) is 94.8 Å². The van der Waals surface area contributed by atoms with Gasteiger partial charge >= 0.3 is 24.2 Å². The number of ketones is 2. The summed E-state index contributed by atoms with van der Waals surface area (Å²) in [7, 11) is 3.46. The number of thiazole rings is 4. The largest absolute Gasteiger partial charge is 0.444 e. The molecule has 6 aromatic rings. The second kappa shape index (κ2) is 39.6. The Morgan fingerprint density at radius 2 is 0.922 bits per heavy atom. The van der Waals surface area contributed by atoms with E-state index < -0.39 is 24.3 Å². The first-order chi connectivity index (χ1) is 43.1. The van der Waals surface area contributed by atoms with Crippen LogP contribution < -0.4 is 21.3 Å². The van der Waals surface area contributed by atoms with Crippen molar-refractivity contribution in [2.75, 3.05) is 14.1 Å². The van der Waals surface area contributed by atoms with Crippen LogP contribution in [0.2, 0.25) is 0 Å². The fraction of sp³-hybridized carbons (Fsp3) is 0.559. The molecule has 0 aliphatic rings. The number of amides is 6. The molecule has 4 heterocycles. The Morgan fingerprint density at radius 1 is 0.500 bits per heavy atom. The normalized spacial score (nSPS) is 13.3. The van der Waals surface area contributed by atoms with Gasteiger partial charge in [-0.05, 0) is 79.7 Å². The monoisotopic (exact) mass is 1310 g/mol. The van der Waals surface area contributed by atoms with E-state index in [-0.39, 0.29) is 72.6 Å². The van der Waals surface area contributed by atoms with Gasteiger partial charge in [0, 0.05) is 74.0 Å². The van der Waals surface area contributed by atoms with Crippen molar-refractivity contribution < 1.29 is 38.2 Å². The van der Waals surface area contributed by atoms with E-state index in [1.54, 1.807) is 70.0 Å². The minimum atomic E-state index is -0.605. The third kappa shape index (κ3) is 27.1. The molecular formula is C68H98N10O8S4. The maximum absolute atomic E-state index is 13.8. The van der Waals surface area contributed by atoms with Crippen molar-refractivity contribution in [3.8, 4) is 0 Å². The Hall–Kier alpha value is -6.62. The number of urea groups is 2. The molecule has 492 valence electrons. The molecule has 22 heteroatoms. The van der Waals surface area contributed by atoms with Gasteiger partial charge in [0.15, 0.2) is 11.6 Å². The number of benzene rings is 2. The van der Waals surface area contributed by atoms with Crippen LogP contribution in [0.3, 0.4) is 0 Å². The predicted octanol–water partition coefficient (Wildman–Crippen LogP) is 15.2. The van der Waals surface area contributed by atoms with Crippen LogP contribution >= 0.6 is 45.3 Å². The SMILES string of the molecule is CCC[C@@H](CC[C@@H](CC(=O)[C@@H](NC(=O)N(C)Cc1csc(C(C)C)n1)C(C)C)Cc1ccccc1)NC(=O)OCc1cncs1.CCC[C@@H](CC[C@H](Cc1ccccc1)NC(=O)OCc1cncs1)CC(=O)[C@@H](NC(=O)N(C)Cc1csc(C(C)C)n1)C(C)C. The number of nitrogens with zero attached hydrogens (tertiary/aromatic N) is 6. The first-order valence-corrected chi connectivity index (χ1v) is 35.3. The van der Waals surface area contributed by atoms with Gasteiger partial charge in [-0.15, -0.1) is 45.3 Å². The molecule has 0 saturated heterocycles. The van der Waals surface area contributed by atoms with Gasteiger partial charge in [0.1, 0.15) is 13.2 Å². The van der Waals surface area contributed by atoms with Gasteiger partial charge in [-0.2, -0.15) is 0 Å². The molecule has 90 heavy (non-hydrogen) atoms. The van der Waals surface area contributed by atoms with Gasteiger partial charge in [-0.25, -0.2) is 29.1 Å². The molecule has 0 spiro atoms. The summed E-state index contributed by atoms with van der Waals surface area (Å²) in [5.74, 6) is 0.808. The van der Waals surface area contributed by atoms with Crippen molar-refractivity contribution in [3.05, 3.63) is 137 Å². The van der Waals surface area contributed by atoms with Crippen molar-refractivity contribution in [3.63, 3.8) is 0 Å². The summed E-state index contributed by atoms with van der Waals surface area (Å²) in [5, 5.41) is 18.2. The highest BCUT2D eigenvalue weighted by molar-refractivity contribution is 7.10. The third-order valence-corrected chi connectivity index (χ3v) is 19.3. The molecule has 4 N–H and O–H groups in total. The van der Waals surface area contributed by atoms with Crippen molar-refractivity contribution in [1.82, 2.24) is 51.0 Å². The molecule has 2 aromatic carbocycles. The number of rotatable bonds is 36. The zero-order valence-corrected chi connectivity index (χ0v) is 58.2. The van der Waals surface area contributed by atoms with Crippen LogP contribution in [0.5, 0.6) is 0 Å². The Morgan fingerprint density at radius 3 is 1.33 bits per heavy atom. The molecule has 0 fully saturated rings. The number of Topliss-reactive ketones (excluding diaryl/α,β-unsaturated/α-hetero) is 2. The number of carbonyl (C=O) groups excluding carboxylic acids is 6. The Balaban J connectivity index is 0.000000327. The molecular weight excluding hydrogens is 1210 g/mol. The number of alkyl carbamates (subject to hydrolysis) is 2. The fourth-order valence-electron chi connectivity index (χ4n) is 10.4. The van der Waals surface area contributed by atoms with E-state index >= 15 is 0 Å². The molecule has 0 aliphatic heterocycles. The fourth-order valence-corrected chi connectivity index (χ4v) is 13.1. The van der Waals surface area contributed by atoms with Crippen LogP contribution in [0.1, 0.15) is 188 Å². The molecule has 4 aromatic heterocycles. The van der Waals surface area contributed by atoms with Crippen LogP contribution in [0, 0.1) is 23.7 Å². The molecule has 0 bridgehead atoms. The lowest BCUT2D eigenvalue weighted by Crippen LogP contribution is -2.49. The minimum absolute atomic E-state index is 0.0207. The van der Waals surface area contributed by atoms with Gasteiger partial charge in [0.05, 0.1) is 67.4 Å². The lowest BCUT2D eigenvalue weighted by atomic mass is 9.85. The summed E-state index contributed by atoms with van der Waals surface area (Å²) in [6, 6.07) is 18.3. The molecule has 0 aliphatic carbocycles. The third-order valence-electron chi connectivity index (χ3n) is 15.4. The molecule has 6 atom stereocenters. The number of aromatic nitrogens is 4. The van der Waals surface area contributed by atoms with Crippen molar-refractivity contribution in [2.45, 2.75) is 209 Å². The number of hydrogen-bond acceptors (Lipinski definition) is 16. The van der Waals surface area contributed by atoms with Crippen LogP contribution in [-0.2, 0) is 58.2 Å². The van der Waals surface area contributed by atoms with E-state index in [1.807, 2.05) is 74.9 Å². The molecule has 0 unspecified atom stereocenters. The summed E-state index contributed by atoms with van der Waals surface area (Å²) in [4.78, 5) is 101. The second-order valence-electron chi connectivity index (χ2n) is 24.7. The van der Waals surface area contributed by atoms with E-state index in [1.165, 1.54) is 22.7 Å². The highest BCUT2D eigenvalue weighted by Gasteiger charge is 2.31. The van der Waals surface area contributed by atoms with Gasteiger partial charge in [-0.3, -0.25) is 19.6 Å². The summed E-state index contributed by atoms with van der Waals surface area (Å²) in [5.41, 5.74) is 7.40. The highest BCUT2D eigenvalue weighted by Crippen LogP contribution is 2.27. The zero-order chi connectivity index (χ0) is 65.5. The van der Waals surface area contributed by atoms with Gasteiger partial charge < -0.3 is 40.5 Å². The lowest BCUT2D eigenvalue weighted by Gasteiger charge is -2.27. The lowest BCUT2D eigenvalue weighted by molar-refractivity contribution is -0.123. The topological polar surface area (TPSA) is 227 Å². The van der Waals surface area contributed by atoms with E-state index in [0.717, 1.165) is 93.7 Å². The van der Waals surface area contributed by atoms with Crippen molar-refractivity contribution in [2.24, 2.45) is 23.7 Å². The van der Waals surface area contributed by atoms with Gasteiger partial charge in [0.25, 0.3) is 0 Å². The van der Waals surface area contributed by atoms with Crippen LogP contribution in [0.4, 0.5) is 19.2 Å². The molecule has 6 amide bonds. The number of hydrogen-bond donors (Lipinski definition) is 4. The Bertz CT molecular complexity index is 3030. The predicted molar refractivity (Wildman–Crippen MR) is 363 cm³/mol. The highest BCUT2D eigenvalue weighted by atomic mass is 32.1. The molecule has 6 rings (SSSR count). The number of nitrogens with one attached hydrogen (secondary N) is 4. The standard InChI is InChI=1S/2C34H49N5O4S2/c1-7-11-27(37-34(42)43-20-29-18-35-22-45-29)15-14-26(16-25-12-9-8-10-13-25)17-30(40)31(23(2)3)38-33(41)39(6)19-28-21-44-32(36-28)24(4)5;1-7-11-25(14-15-27(16-26-12-9-8-10-13-26)37-34(42)43-20-29-18-35-22-45-29)17-30(40)31(23(2)3)38-33(41)39(6)19-28-21-44-32(36-28)24(4)5/h8-10,12-13,18,21-24,26-27,31H,7,11,14-17,19-20H2,1-6H3,(H,37,42)(H,38,41);8-10,12-13,18,21-25,27,31H,7,11,14-17,19-20H2,1-6H3,(H,37,42)(H,38,41)/t26-,27+,31+;25-,27+,31-/m10/s1. The van der Waals surface area contributed by atoms with E-state index in [9.17, 15) is 28.8 Å². The van der Waals surface area contributed by atoms with Crippen LogP contribution in [-0.4, -0.2) is 104 Å². The summed E-state index contributed by atoms with van der Waals surface area (Å²) in [6.07, 6.45) is 11.1. The maximum atomic E-state index is 13.8. The quantitative estimate of drug-likeness (QED) is 0.0288. The van der Waals surface area contributed by atoms with Gasteiger partial charge in [0.2, 0.25) is 0 Å². The van der Waals surface area contributed by atoms with E-state index in [2.05, 4.69) is 107 Å². The average Bonchev–Trinajstić information content (AvgIpc) is 3.77. The first-order valence-electron chi connectivity index (χ1n) is 31.8. The molecule has 0 radical (unpaired) electrons. The average molecular weight is 1310 g/mol. The summed E-state index contributed by atoms with van der Waals surface area (Å²) >= 11 is 6.09. The summed E-state index contributed by atoms with van der Waals surface area (Å²) in [6.45, 7) is 21.6. The minimum Gasteiger partial charge on any atom is -0.444 e. The van der Waals surface area contributed by atoms with E-state index in [0.29, 0.717) is 50.6 Å². The Kier molecular flexibility index (Phi) is 32.6. The Labute approximate surface area is 550 Å². The molecule has 18 nitrogen and oxygen atoms in total. The number of carbonyl (C=O) groups is 6. The molecule has 0 saturated carbocycles. The van der Waals surface area contributed by atoms with Crippen molar-refractivity contribution >= 4 is 81.2 Å². The number of ether oxygens (including phenoxy) is 2. The first kappa shape index (κ1) is 74.1. The van der Waals surface area contributed by atoms with Gasteiger partial charge in [-0.1, -0.05) is 149 Å². The summed E-state index contributed by atoms with van der Waals surface area (Å²) < 4.78 is 10.9. The van der Waals surface area contributed by atoms with Crippen LogP contribution in [0.25, 0.3) is 0 Å². The van der Waals surface area contributed by atoms with E-state index in [4.69, 9.17) is 9.47 Å².